The summed E-state index contributed by atoms with van der Waals surface area (Å²) in [7, 11) is 0. The van der Waals surface area contributed by atoms with Crippen molar-refractivity contribution in [3.63, 3.8) is 0 Å². The predicted molar refractivity (Wildman–Crippen MR) is 108 cm³/mol. The van der Waals surface area contributed by atoms with E-state index in [0.717, 1.165) is 36.4 Å². The third-order valence-electron chi connectivity index (χ3n) is 5.07. The summed E-state index contributed by atoms with van der Waals surface area (Å²) in [5.74, 6) is 1.51. The number of aromatic nitrogens is 2. The SMILES string of the molecule is CC(CN)CCc1ccc2cc(-c3ccnc(NC4CC4)c3)ccc2n1. The van der Waals surface area contributed by atoms with Crippen LogP contribution in [0.15, 0.2) is 48.7 Å². The summed E-state index contributed by atoms with van der Waals surface area (Å²) in [6.07, 6.45) is 6.45. The number of fused-ring (bicyclic) bond motifs is 1. The number of benzene rings is 1. The van der Waals surface area contributed by atoms with Gasteiger partial charge in [0.1, 0.15) is 5.82 Å². The maximum atomic E-state index is 5.71. The van der Waals surface area contributed by atoms with E-state index in [1.54, 1.807) is 0 Å². The molecule has 26 heavy (non-hydrogen) atoms. The average Bonchev–Trinajstić information content (AvgIpc) is 3.49. The molecule has 3 aromatic rings. The van der Waals surface area contributed by atoms with E-state index in [1.807, 2.05) is 6.20 Å². The first kappa shape index (κ1) is 17.0. The molecule has 0 aliphatic heterocycles. The Labute approximate surface area is 154 Å². The van der Waals surface area contributed by atoms with Gasteiger partial charge in [0, 0.05) is 23.3 Å². The first-order valence-corrected chi connectivity index (χ1v) is 9.54. The highest BCUT2D eigenvalue weighted by molar-refractivity contribution is 5.85. The van der Waals surface area contributed by atoms with Crippen molar-refractivity contribution in [1.82, 2.24) is 9.97 Å². The van der Waals surface area contributed by atoms with Crippen LogP contribution in [0.25, 0.3) is 22.0 Å². The molecule has 2 heterocycles. The molecule has 1 saturated carbocycles. The Morgan fingerprint density at radius 1 is 1.12 bits per heavy atom. The molecule has 4 nitrogen and oxygen atoms in total. The molecule has 0 bridgehead atoms. The fraction of sp³-hybridized carbons (Fsp3) is 0.364. The molecule has 1 aromatic carbocycles. The molecule has 3 N–H and O–H groups in total. The van der Waals surface area contributed by atoms with Crippen molar-refractivity contribution in [3.05, 3.63) is 54.4 Å². The summed E-state index contributed by atoms with van der Waals surface area (Å²) in [6, 6.07) is 15.6. The van der Waals surface area contributed by atoms with Gasteiger partial charge < -0.3 is 11.1 Å². The van der Waals surface area contributed by atoms with Crippen LogP contribution in [0.4, 0.5) is 5.82 Å². The lowest BCUT2D eigenvalue weighted by molar-refractivity contribution is 0.541. The van der Waals surface area contributed by atoms with Crippen molar-refractivity contribution >= 4 is 16.7 Å². The summed E-state index contributed by atoms with van der Waals surface area (Å²) in [5.41, 5.74) is 10.3. The summed E-state index contributed by atoms with van der Waals surface area (Å²) >= 11 is 0. The average molecular weight is 346 g/mol. The number of nitrogens with two attached hydrogens (primary N) is 1. The molecule has 1 aliphatic carbocycles. The standard InChI is InChI=1S/C22H26N4/c1-15(14-23)2-5-19-6-3-18-12-16(4-9-21(18)25-19)17-10-11-24-22(13-17)26-20-7-8-20/h3-4,6,9-13,15,20H,2,5,7-8,14,23H2,1H3,(H,24,26). The van der Waals surface area contributed by atoms with Gasteiger partial charge in [-0.2, -0.15) is 0 Å². The third kappa shape index (κ3) is 4.02. The Morgan fingerprint density at radius 2 is 1.96 bits per heavy atom. The molecular weight excluding hydrogens is 320 g/mol. The lowest BCUT2D eigenvalue weighted by Crippen LogP contribution is -2.11. The molecule has 1 atom stereocenters. The van der Waals surface area contributed by atoms with E-state index in [-0.39, 0.29) is 0 Å². The normalized spacial score (nSPS) is 15.2. The summed E-state index contributed by atoms with van der Waals surface area (Å²) in [4.78, 5) is 9.24. The van der Waals surface area contributed by atoms with E-state index in [2.05, 4.69) is 59.7 Å². The predicted octanol–water partition coefficient (Wildman–Crippen LogP) is 4.40. The van der Waals surface area contributed by atoms with Crippen LogP contribution in [0.2, 0.25) is 0 Å². The van der Waals surface area contributed by atoms with Gasteiger partial charge in [-0.15, -0.1) is 0 Å². The van der Waals surface area contributed by atoms with Gasteiger partial charge in [-0.05, 0) is 79.6 Å². The zero-order valence-corrected chi connectivity index (χ0v) is 15.3. The third-order valence-corrected chi connectivity index (χ3v) is 5.07. The van der Waals surface area contributed by atoms with Crippen LogP contribution in [0.3, 0.4) is 0 Å². The minimum absolute atomic E-state index is 0.542. The van der Waals surface area contributed by atoms with Crippen LogP contribution in [0.1, 0.15) is 31.9 Å². The number of aryl methyl sites for hydroxylation is 1. The first-order chi connectivity index (χ1) is 12.7. The van der Waals surface area contributed by atoms with Gasteiger partial charge in [0.25, 0.3) is 0 Å². The van der Waals surface area contributed by atoms with Crippen molar-refractivity contribution in [2.45, 2.75) is 38.6 Å². The van der Waals surface area contributed by atoms with Crippen LogP contribution in [0.5, 0.6) is 0 Å². The van der Waals surface area contributed by atoms with Crippen molar-refractivity contribution < 1.29 is 0 Å². The van der Waals surface area contributed by atoms with Crippen LogP contribution in [-0.4, -0.2) is 22.6 Å². The molecule has 0 amide bonds. The van der Waals surface area contributed by atoms with E-state index in [0.29, 0.717) is 12.0 Å². The maximum Gasteiger partial charge on any atom is 0.126 e. The number of anilines is 1. The molecular formula is C22H26N4. The van der Waals surface area contributed by atoms with Crippen molar-refractivity contribution in [3.8, 4) is 11.1 Å². The second-order valence-corrected chi connectivity index (χ2v) is 7.44. The van der Waals surface area contributed by atoms with E-state index in [4.69, 9.17) is 10.7 Å². The second-order valence-electron chi connectivity index (χ2n) is 7.44. The first-order valence-electron chi connectivity index (χ1n) is 9.54. The molecule has 1 unspecified atom stereocenters. The molecule has 0 radical (unpaired) electrons. The van der Waals surface area contributed by atoms with Gasteiger partial charge in [-0.25, -0.2) is 4.98 Å². The van der Waals surface area contributed by atoms with Crippen molar-refractivity contribution in [2.24, 2.45) is 11.7 Å². The Bertz CT molecular complexity index is 902. The Morgan fingerprint density at radius 3 is 2.77 bits per heavy atom. The van der Waals surface area contributed by atoms with Crippen LogP contribution in [0, 0.1) is 5.92 Å². The lowest BCUT2D eigenvalue weighted by atomic mass is 10.0. The quantitative estimate of drug-likeness (QED) is 0.665. The van der Waals surface area contributed by atoms with E-state index >= 15 is 0 Å². The van der Waals surface area contributed by atoms with E-state index in [1.165, 1.54) is 29.4 Å². The van der Waals surface area contributed by atoms with Crippen LogP contribution < -0.4 is 11.1 Å². The molecule has 0 spiro atoms. The molecule has 134 valence electrons. The Kier molecular flexibility index (Phi) is 4.85. The zero-order chi connectivity index (χ0) is 17.9. The number of nitrogens with zero attached hydrogens (tertiary/aromatic N) is 2. The van der Waals surface area contributed by atoms with Gasteiger partial charge in [0.2, 0.25) is 0 Å². The van der Waals surface area contributed by atoms with Gasteiger partial charge in [0.05, 0.1) is 5.52 Å². The number of nitrogens with one attached hydrogen (secondary N) is 1. The number of hydrogen-bond acceptors (Lipinski definition) is 4. The highest BCUT2D eigenvalue weighted by Crippen LogP contribution is 2.28. The molecule has 1 aliphatic rings. The minimum Gasteiger partial charge on any atom is -0.367 e. The van der Waals surface area contributed by atoms with Gasteiger partial charge in [-0.3, -0.25) is 4.98 Å². The monoisotopic (exact) mass is 346 g/mol. The van der Waals surface area contributed by atoms with Gasteiger partial charge >= 0.3 is 0 Å². The largest absolute Gasteiger partial charge is 0.367 e. The van der Waals surface area contributed by atoms with Gasteiger partial charge in [-0.1, -0.05) is 19.1 Å². The molecule has 4 heteroatoms. The topological polar surface area (TPSA) is 63.8 Å². The lowest BCUT2D eigenvalue weighted by Gasteiger charge is -2.09. The van der Waals surface area contributed by atoms with E-state index in [9.17, 15) is 0 Å². The van der Waals surface area contributed by atoms with E-state index < -0.39 is 0 Å². The fourth-order valence-corrected chi connectivity index (χ4v) is 3.12. The Hall–Kier alpha value is -2.46. The smallest absolute Gasteiger partial charge is 0.126 e. The minimum atomic E-state index is 0.542. The maximum absolute atomic E-state index is 5.71. The summed E-state index contributed by atoms with van der Waals surface area (Å²) in [5, 5.41) is 4.64. The molecule has 4 rings (SSSR count). The zero-order valence-electron chi connectivity index (χ0n) is 15.3. The molecule has 1 fully saturated rings. The number of hydrogen-bond donors (Lipinski definition) is 2. The number of pyridine rings is 2. The van der Waals surface area contributed by atoms with Crippen LogP contribution >= 0.6 is 0 Å². The van der Waals surface area contributed by atoms with Crippen LogP contribution in [-0.2, 0) is 6.42 Å². The summed E-state index contributed by atoms with van der Waals surface area (Å²) in [6.45, 7) is 2.93. The fourth-order valence-electron chi connectivity index (χ4n) is 3.12. The van der Waals surface area contributed by atoms with Gasteiger partial charge in [0.15, 0.2) is 0 Å². The molecule has 0 saturated heterocycles. The highest BCUT2D eigenvalue weighted by atomic mass is 15.0. The summed E-state index contributed by atoms with van der Waals surface area (Å²) < 4.78 is 0. The highest BCUT2D eigenvalue weighted by Gasteiger charge is 2.21. The second kappa shape index (κ2) is 7.42. The van der Waals surface area contributed by atoms with Crippen molar-refractivity contribution in [2.75, 3.05) is 11.9 Å². The molecule has 2 aromatic heterocycles. The Balaban J connectivity index is 1.55. The van der Waals surface area contributed by atoms with Crippen molar-refractivity contribution in [1.29, 1.82) is 0 Å². The number of rotatable bonds is 7.